The average molecular weight is 330 g/mol. The van der Waals surface area contributed by atoms with Gasteiger partial charge in [0.1, 0.15) is 11.4 Å². The van der Waals surface area contributed by atoms with Crippen LogP contribution in [0.2, 0.25) is 0 Å². The molecule has 0 fully saturated rings. The Hall–Kier alpha value is -3.09. The lowest BCUT2D eigenvalue weighted by Gasteiger charge is -2.06. The molecule has 126 valence electrons. The summed E-state index contributed by atoms with van der Waals surface area (Å²) in [7, 11) is 1.23. The number of benzene rings is 1. The molecule has 0 radical (unpaired) electrons. The summed E-state index contributed by atoms with van der Waals surface area (Å²) in [4.78, 5) is 37.9. The third-order valence-corrected chi connectivity index (χ3v) is 3.21. The van der Waals surface area contributed by atoms with Crippen LogP contribution in [0.15, 0.2) is 30.0 Å². The molecule has 1 amide bonds. The molecule has 0 saturated carbocycles. The first-order chi connectivity index (χ1) is 11.5. The van der Waals surface area contributed by atoms with Gasteiger partial charge in [-0.15, -0.1) is 0 Å². The van der Waals surface area contributed by atoms with Crippen molar-refractivity contribution >= 4 is 34.8 Å². The number of aromatic nitrogens is 1. The van der Waals surface area contributed by atoms with Gasteiger partial charge < -0.3 is 19.8 Å². The minimum Gasteiger partial charge on any atom is -0.464 e. The molecule has 0 atom stereocenters. The van der Waals surface area contributed by atoms with E-state index in [1.807, 2.05) is 0 Å². The molecule has 7 heteroatoms. The van der Waals surface area contributed by atoms with Crippen LogP contribution < -0.4 is 5.32 Å². The predicted octanol–water partition coefficient (Wildman–Crippen LogP) is 1.99. The van der Waals surface area contributed by atoms with Gasteiger partial charge in [0.25, 0.3) is 0 Å². The highest BCUT2D eigenvalue weighted by molar-refractivity contribution is 6.02. The predicted molar refractivity (Wildman–Crippen MR) is 88.1 cm³/mol. The number of aromatic amines is 1. The molecule has 0 unspecified atom stereocenters. The molecule has 1 heterocycles. The molecule has 0 bridgehead atoms. The van der Waals surface area contributed by atoms with Gasteiger partial charge in [-0.2, -0.15) is 0 Å². The summed E-state index contributed by atoms with van der Waals surface area (Å²) in [6, 6.07) is 6.96. The Kier molecular flexibility index (Phi) is 5.36. The molecule has 24 heavy (non-hydrogen) atoms. The number of rotatable bonds is 5. The first-order valence-corrected chi connectivity index (χ1v) is 7.32. The van der Waals surface area contributed by atoms with E-state index in [9.17, 15) is 14.4 Å². The van der Waals surface area contributed by atoms with Crippen LogP contribution in [-0.2, 0) is 19.1 Å². The van der Waals surface area contributed by atoms with Crippen molar-refractivity contribution in [2.24, 2.45) is 0 Å². The fraction of sp³-hybridized carbons (Fsp3) is 0.235. The van der Waals surface area contributed by atoms with Gasteiger partial charge in [0.2, 0.25) is 5.91 Å². The maximum absolute atomic E-state index is 11.8. The summed E-state index contributed by atoms with van der Waals surface area (Å²) in [6.45, 7) is 3.30. The second-order valence-corrected chi connectivity index (χ2v) is 4.94. The number of fused-ring (bicyclic) bond motifs is 1. The molecule has 1 aromatic carbocycles. The zero-order valence-corrected chi connectivity index (χ0v) is 13.6. The van der Waals surface area contributed by atoms with Gasteiger partial charge in [-0.05, 0) is 30.7 Å². The second-order valence-electron chi connectivity index (χ2n) is 4.94. The molecular formula is C17H18N2O5. The van der Waals surface area contributed by atoms with E-state index >= 15 is 0 Å². The molecule has 1 aromatic heterocycles. The molecule has 7 nitrogen and oxygen atoms in total. The topological polar surface area (TPSA) is 97.5 Å². The Bertz CT molecular complexity index is 819. The number of hydrogen-bond donors (Lipinski definition) is 2. The van der Waals surface area contributed by atoms with Gasteiger partial charge in [-0.1, -0.05) is 12.1 Å². The van der Waals surface area contributed by atoms with Gasteiger partial charge in [0.15, 0.2) is 0 Å². The largest absolute Gasteiger partial charge is 0.464 e. The molecule has 0 aliphatic rings. The van der Waals surface area contributed by atoms with Crippen molar-refractivity contribution in [1.29, 1.82) is 0 Å². The molecule has 0 aliphatic carbocycles. The molecule has 0 spiro atoms. The fourth-order valence-electron chi connectivity index (χ4n) is 2.22. The average Bonchev–Trinajstić information content (AvgIpc) is 2.98. The van der Waals surface area contributed by atoms with Crippen LogP contribution in [-0.4, -0.2) is 36.5 Å². The summed E-state index contributed by atoms with van der Waals surface area (Å²) in [6.07, 6.45) is 1.50. The molecule has 2 rings (SSSR count). The number of carbonyl (C=O) groups is 3. The summed E-state index contributed by atoms with van der Waals surface area (Å²) in [5.41, 5.74) is 1.68. The maximum atomic E-state index is 11.8. The number of carbonyl (C=O) groups excluding carboxylic acids is 3. The molecule has 2 aromatic rings. The first kappa shape index (κ1) is 17.3. The van der Waals surface area contributed by atoms with Crippen LogP contribution in [0.4, 0.5) is 0 Å². The van der Waals surface area contributed by atoms with Crippen molar-refractivity contribution in [1.82, 2.24) is 10.3 Å². The summed E-state index contributed by atoms with van der Waals surface area (Å²) < 4.78 is 9.64. The Morgan fingerprint density at radius 3 is 2.67 bits per heavy atom. The number of nitrogens with one attached hydrogen (secondary N) is 2. The highest BCUT2D eigenvalue weighted by atomic mass is 16.5. The van der Waals surface area contributed by atoms with E-state index in [1.54, 1.807) is 31.2 Å². The van der Waals surface area contributed by atoms with Crippen molar-refractivity contribution in [3.05, 3.63) is 41.2 Å². The third kappa shape index (κ3) is 3.81. The minimum absolute atomic E-state index is 0.0105. The minimum atomic E-state index is -0.664. The van der Waals surface area contributed by atoms with Crippen molar-refractivity contribution in [2.75, 3.05) is 13.7 Å². The Balaban J connectivity index is 2.50. The molecule has 0 saturated heterocycles. The quantitative estimate of drug-likeness (QED) is 0.645. The molecule has 2 N–H and O–H groups in total. The van der Waals surface area contributed by atoms with E-state index in [1.165, 1.54) is 20.1 Å². The highest BCUT2D eigenvalue weighted by Gasteiger charge is 2.15. The van der Waals surface area contributed by atoms with Crippen molar-refractivity contribution in [3.63, 3.8) is 0 Å². The Morgan fingerprint density at radius 1 is 1.29 bits per heavy atom. The van der Waals surface area contributed by atoms with Gasteiger partial charge in [-0.25, -0.2) is 9.59 Å². The lowest BCUT2D eigenvalue weighted by Crippen LogP contribution is -2.25. The van der Waals surface area contributed by atoms with E-state index in [0.717, 1.165) is 0 Å². The number of ether oxygens (including phenoxy) is 2. The van der Waals surface area contributed by atoms with Crippen LogP contribution in [0.25, 0.3) is 17.0 Å². The lowest BCUT2D eigenvalue weighted by molar-refractivity contribution is -0.137. The first-order valence-electron chi connectivity index (χ1n) is 7.32. The van der Waals surface area contributed by atoms with E-state index in [2.05, 4.69) is 15.0 Å². The van der Waals surface area contributed by atoms with Gasteiger partial charge in [0, 0.05) is 17.8 Å². The van der Waals surface area contributed by atoms with Gasteiger partial charge in [-0.3, -0.25) is 4.79 Å². The van der Waals surface area contributed by atoms with E-state index < -0.39 is 11.9 Å². The number of methoxy groups -OCH3 is 1. The van der Waals surface area contributed by atoms with Crippen molar-refractivity contribution in [3.8, 4) is 0 Å². The smallest absolute Gasteiger partial charge is 0.354 e. The number of hydrogen-bond acceptors (Lipinski definition) is 5. The van der Waals surface area contributed by atoms with E-state index in [4.69, 9.17) is 4.74 Å². The number of amides is 1. The van der Waals surface area contributed by atoms with Crippen molar-refractivity contribution in [2.45, 2.75) is 13.8 Å². The maximum Gasteiger partial charge on any atom is 0.354 e. The Labute approximate surface area is 138 Å². The van der Waals surface area contributed by atoms with Crippen LogP contribution >= 0.6 is 0 Å². The SMILES string of the molecule is CCOC(=O)c1cc2c(/C=C(\NC(C)=O)C(=O)OC)cccc2[nH]1. The van der Waals surface area contributed by atoms with Crippen LogP contribution in [0.1, 0.15) is 29.9 Å². The number of H-pyrrole nitrogens is 1. The molecule has 0 aliphatic heterocycles. The standard InChI is InChI=1S/C17H18N2O5/c1-4-24-17(22)15-9-12-11(6-5-7-13(12)19-15)8-14(16(21)23-3)18-10(2)20/h5-9,19H,4H2,1-3H3,(H,18,20)/b14-8-. The van der Waals surface area contributed by atoms with Gasteiger partial charge in [0.05, 0.1) is 13.7 Å². The van der Waals surface area contributed by atoms with Crippen LogP contribution in [0.5, 0.6) is 0 Å². The fourth-order valence-corrected chi connectivity index (χ4v) is 2.22. The number of esters is 2. The second kappa shape index (κ2) is 7.45. The van der Waals surface area contributed by atoms with E-state index in [-0.39, 0.29) is 18.2 Å². The zero-order valence-electron chi connectivity index (χ0n) is 13.6. The Morgan fingerprint density at radius 2 is 2.04 bits per heavy atom. The summed E-state index contributed by atoms with van der Waals surface area (Å²) in [5.74, 6) is -1.51. The normalized spacial score (nSPS) is 11.2. The van der Waals surface area contributed by atoms with Crippen LogP contribution in [0.3, 0.4) is 0 Å². The monoisotopic (exact) mass is 330 g/mol. The van der Waals surface area contributed by atoms with E-state index in [0.29, 0.717) is 22.2 Å². The van der Waals surface area contributed by atoms with Crippen LogP contribution in [0, 0.1) is 0 Å². The summed E-state index contributed by atoms with van der Waals surface area (Å²) >= 11 is 0. The summed E-state index contributed by atoms with van der Waals surface area (Å²) in [5, 5.41) is 3.15. The third-order valence-electron chi connectivity index (χ3n) is 3.21. The molecular weight excluding hydrogens is 312 g/mol. The van der Waals surface area contributed by atoms with Gasteiger partial charge >= 0.3 is 11.9 Å². The van der Waals surface area contributed by atoms with Crippen molar-refractivity contribution < 1.29 is 23.9 Å². The highest BCUT2D eigenvalue weighted by Crippen LogP contribution is 2.22. The lowest BCUT2D eigenvalue weighted by atomic mass is 10.1. The zero-order chi connectivity index (χ0) is 17.7.